The van der Waals surface area contributed by atoms with E-state index < -0.39 is 72.0 Å². The molecule has 0 spiro atoms. The molecule has 0 aromatic rings. The van der Waals surface area contributed by atoms with E-state index in [-0.39, 0.29) is 6.42 Å². The van der Waals surface area contributed by atoms with E-state index >= 15 is 0 Å². The largest absolute Gasteiger partial charge is 0.481 e. The van der Waals surface area contributed by atoms with Gasteiger partial charge in [-0.2, -0.15) is 8.42 Å². The van der Waals surface area contributed by atoms with Crippen molar-refractivity contribution < 1.29 is 52.1 Å². The fourth-order valence-electron chi connectivity index (χ4n) is 2.70. The third-order valence-corrected chi connectivity index (χ3v) is 5.82. The molecule has 0 saturated carbocycles. The molecule has 0 aliphatic rings. The number of aliphatic hydroxyl groups excluding tert-OH is 2. The Labute approximate surface area is 181 Å². The fourth-order valence-corrected chi connectivity index (χ4v) is 3.58. The van der Waals surface area contributed by atoms with Crippen LogP contribution >= 0.6 is 0 Å². The van der Waals surface area contributed by atoms with Gasteiger partial charge in [-0.1, -0.05) is 31.4 Å². The third kappa shape index (κ3) is 11.8. The number of carboxylic acids is 1. The van der Waals surface area contributed by atoms with E-state index in [1.807, 2.05) is 0 Å². The summed E-state index contributed by atoms with van der Waals surface area (Å²) in [7, 11) is -5.11. The Hall–Kier alpha value is -2.02. The summed E-state index contributed by atoms with van der Waals surface area (Å²) in [6.45, 7) is -2.01. The molecule has 0 aliphatic carbocycles. The number of carbonyl (C=O) groups excluding carboxylic acids is 2. The Balaban J connectivity index is 5.00. The molecule has 0 aromatic carbocycles. The highest BCUT2D eigenvalue weighted by Crippen LogP contribution is 2.29. The number of aliphatic carboxylic acids is 1. The van der Waals surface area contributed by atoms with Gasteiger partial charge in [0.2, 0.25) is 4.75 Å². The standard InChI is InChI=1S/C19H32O11S/c20-11-13-29-17(24)15-19(31(26,27)28,18(25)30-14-12-21)10-8-6-4-2-1-3-5-7-9-16(22)23/h6,8,20-21H,1-5,7,9-15H2,(H,22,23)(H,26,27,28). The number of unbranched alkanes of at least 4 members (excludes halogenated alkanes) is 5. The lowest BCUT2D eigenvalue weighted by molar-refractivity contribution is -0.154. The van der Waals surface area contributed by atoms with Crippen molar-refractivity contribution in [2.24, 2.45) is 0 Å². The van der Waals surface area contributed by atoms with Gasteiger partial charge in [0, 0.05) is 6.42 Å². The molecule has 12 heteroatoms. The Morgan fingerprint density at radius 2 is 1.45 bits per heavy atom. The van der Waals surface area contributed by atoms with Gasteiger partial charge < -0.3 is 24.8 Å². The minimum Gasteiger partial charge on any atom is -0.481 e. The minimum absolute atomic E-state index is 0.130. The average molecular weight is 469 g/mol. The lowest BCUT2D eigenvalue weighted by Gasteiger charge is -2.26. The Bertz CT molecular complexity index is 687. The predicted molar refractivity (Wildman–Crippen MR) is 109 cm³/mol. The van der Waals surface area contributed by atoms with Crippen molar-refractivity contribution in [3.05, 3.63) is 12.2 Å². The van der Waals surface area contributed by atoms with Crippen LogP contribution in [0.25, 0.3) is 0 Å². The van der Waals surface area contributed by atoms with Crippen molar-refractivity contribution in [2.75, 3.05) is 26.4 Å². The number of carboxylic acid groups (broad SMARTS) is 1. The first-order chi connectivity index (χ1) is 14.6. The van der Waals surface area contributed by atoms with Crippen LogP contribution in [0.2, 0.25) is 0 Å². The normalized spacial score (nSPS) is 13.6. The number of allylic oxidation sites excluding steroid dienone is 2. The number of hydrogen-bond acceptors (Lipinski definition) is 9. The SMILES string of the molecule is O=C(O)CCCCCCCC=CCC(CC(=O)OCCO)(C(=O)OCCO)S(=O)(=O)O. The van der Waals surface area contributed by atoms with Crippen LogP contribution in [0.5, 0.6) is 0 Å². The van der Waals surface area contributed by atoms with Crippen molar-refractivity contribution in [1.29, 1.82) is 0 Å². The second kappa shape index (κ2) is 15.7. The topological polar surface area (TPSA) is 185 Å². The van der Waals surface area contributed by atoms with E-state index in [0.29, 0.717) is 12.8 Å². The highest BCUT2D eigenvalue weighted by atomic mass is 32.2. The molecule has 0 saturated heterocycles. The van der Waals surface area contributed by atoms with Gasteiger partial charge in [0.1, 0.15) is 13.2 Å². The Kier molecular flexibility index (Phi) is 14.7. The molecule has 1 unspecified atom stereocenters. The lowest BCUT2D eigenvalue weighted by Crippen LogP contribution is -2.49. The van der Waals surface area contributed by atoms with E-state index in [0.717, 1.165) is 25.7 Å². The van der Waals surface area contributed by atoms with Gasteiger partial charge in [0.05, 0.1) is 19.6 Å². The molecule has 0 aromatic heterocycles. The molecule has 0 amide bonds. The molecule has 0 heterocycles. The number of hydrogen-bond donors (Lipinski definition) is 4. The molecule has 11 nitrogen and oxygen atoms in total. The first kappa shape index (κ1) is 29.0. The highest BCUT2D eigenvalue weighted by Gasteiger charge is 2.53. The fraction of sp³-hybridized carbons (Fsp3) is 0.737. The smallest absolute Gasteiger partial charge is 0.331 e. The number of rotatable bonds is 18. The summed E-state index contributed by atoms with van der Waals surface area (Å²) >= 11 is 0. The number of ether oxygens (including phenoxy) is 2. The van der Waals surface area contributed by atoms with E-state index in [4.69, 9.17) is 15.3 Å². The molecule has 1 atom stereocenters. The number of aliphatic hydroxyl groups is 2. The molecule has 0 bridgehead atoms. The first-order valence-electron chi connectivity index (χ1n) is 9.99. The van der Waals surface area contributed by atoms with Crippen LogP contribution in [0.3, 0.4) is 0 Å². The summed E-state index contributed by atoms with van der Waals surface area (Å²) in [6, 6.07) is 0. The maximum atomic E-state index is 12.4. The Morgan fingerprint density at radius 3 is 2.03 bits per heavy atom. The Morgan fingerprint density at radius 1 is 0.871 bits per heavy atom. The van der Waals surface area contributed by atoms with Crippen molar-refractivity contribution in [3.63, 3.8) is 0 Å². The van der Waals surface area contributed by atoms with Gasteiger partial charge in [0.15, 0.2) is 0 Å². The summed E-state index contributed by atoms with van der Waals surface area (Å²) < 4.78 is 40.5. The zero-order chi connectivity index (χ0) is 23.8. The van der Waals surface area contributed by atoms with Gasteiger partial charge in [-0.3, -0.25) is 18.9 Å². The molecule has 0 fully saturated rings. The maximum absolute atomic E-state index is 12.4. The zero-order valence-corrected chi connectivity index (χ0v) is 18.2. The van der Waals surface area contributed by atoms with Crippen LogP contribution in [0.15, 0.2) is 12.2 Å². The van der Waals surface area contributed by atoms with Crippen molar-refractivity contribution >= 4 is 28.0 Å². The van der Waals surface area contributed by atoms with Crippen molar-refractivity contribution in [1.82, 2.24) is 0 Å². The minimum atomic E-state index is -5.11. The molecule has 31 heavy (non-hydrogen) atoms. The van der Waals surface area contributed by atoms with E-state index in [1.54, 1.807) is 6.08 Å². The quantitative estimate of drug-likeness (QED) is 0.0966. The summed E-state index contributed by atoms with van der Waals surface area (Å²) in [5, 5.41) is 26.1. The highest BCUT2D eigenvalue weighted by molar-refractivity contribution is 7.88. The maximum Gasteiger partial charge on any atom is 0.331 e. The third-order valence-electron chi connectivity index (χ3n) is 4.35. The molecule has 180 valence electrons. The predicted octanol–water partition coefficient (Wildman–Crippen LogP) is 0.836. The van der Waals surface area contributed by atoms with Crippen LogP contribution in [0.4, 0.5) is 0 Å². The first-order valence-corrected chi connectivity index (χ1v) is 11.4. The van der Waals surface area contributed by atoms with E-state index in [9.17, 15) is 27.4 Å². The second-order valence-corrected chi connectivity index (χ2v) is 8.56. The zero-order valence-electron chi connectivity index (χ0n) is 17.4. The van der Waals surface area contributed by atoms with Crippen LogP contribution in [0.1, 0.15) is 57.8 Å². The van der Waals surface area contributed by atoms with Crippen molar-refractivity contribution in [3.8, 4) is 0 Å². The summed E-state index contributed by atoms with van der Waals surface area (Å²) in [5.74, 6) is -3.35. The molecule has 0 rings (SSSR count). The van der Waals surface area contributed by atoms with Crippen LogP contribution in [0, 0.1) is 0 Å². The van der Waals surface area contributed by atoms with Gasteiger partial charge in [0.25, 0.3) is 10.1 Å². The monoisotopic (exact) mass is 468 g/mol. The molecule has 4 N–H and O–H groups in total. The van der Waals surface area contributed by atoms with E-state index in [1.165, 1.54) is 6.08 Å². The van der Waals surface area contributed by atoms with Crippen LogP contribution in [-0.2, 0) is 34.0 Å². The van der Waals surface area contributed by atoms with E-state index in [2.05, 4.69) is 9.47 Å². The van der Waals surface area contributed by atoms with Crippen LogP contribution < -0.4 is 0 Å². The molecular formula is C19H32O11S. The summed E-state index contributed by atoms with van der Waals surface area (Å²) in [6.07, 6.45) is 5.86. The average Bonchev–Trinajstić information content (AvgIpc) is 2.69. The second-order valence-electron chi connectivity index (χ2n) is 6.83. The van der Waals surface area contributed by atoms with Gasteiger partial charge >= 0.3 is 17.9 Å². The lowest BCUT2D eigenvalue weighted by atomic mass is 9.99. The van der Waals surface area contributed by atoms with Gasteiger partial charge in [-0.25, -0.2) is 0 Å². The summed E-state index contributed by atoms with van der Waals surface area (Å²) in [4.78, 5) is 34.7. The number of carbonyl (C=O) groups is 3. The summed E-state index contributed by atoms with van der Waals surface area (Å²) in [5.41, 5.74) is 0. The molecular weight excluding hydrogens is 436 g/mol. The van der Waals surface area contributed by atoms with Gasteiger partial charge in [-0.15, -0.1) is 0 Å². The molecule has 0 radical (unpaired) electrons. The van der Waals surface area contributed by atoms with Gasteiger partial charge in [-0.05, 0) is 25.7 Å². The number of esters is 2. The van der Waals surface area contributed by atoms with Crippen LogP contribution in [-0.4, -0.2) is 77.4 Å². The molecule has 0 aliphatic heterocycles. The van der Waals surface area contributed by atoms with Crippen molar-refractivity contribution in [2.45, 2.75) is 62.5 Å².